The van der Waals surface area contributed by atoms with Gasteiger partial charge in [-0.25, -0.2) is 0 Å². The van der Waals surface area contributed by atoms with E-state index in [0.29, 0.717) is 5.92 Å². The molecule has 0 N–H and O–H groups in total. The van der Waals surface area contributed by atoms with E-state index in [1.807, 2.05) is 6.08 Å². The lowest BCUT2D eigenvalue weighted by molar-refractivity contribution is 0.691. The van der Waals surface area contributed by atoms with Gasteiger partial charge in [-0.15, -0.1) is 6.58 Å². The topological polar surface area (TPSA) is 0 Å². The van der Waals surface area contributed by atoms with Gasteiger partial charge in [-0.05, 0) is 36.5 Å². The molecule has 1 heteroatoms. The molecule has 0 fully saturated rings. The van der Waals surface area contributed by atoms with Crippen molar-refractivity contribution in [1.29, 1.82) is 0 Å². The summed E-state index contributed by atoms with van der Waals surface area (Å²) >= 11 is 3.43. The Labute approximate surface area is 88.8 Å². The Kier molecular flexibility index (Phi) is 4.23. The molecule has 0 aliphatic rings. The van der Waals surface area contributed by atoms with Crippen molar-refractivity contribution in [2.75, 3.05) is 0 Å². The maximum atomic E-state index is 3.73. The zero-order valence-corrected chi connectivity index (χ0v) is 9.55. The van der Waals surface area contributed by atoms with Crippen LogP contribution in [-0.4, -0.2) is 0 Å². The van der Waals surface area contributed by atoms with Gasteiger partial charge in [0.2, 0.25) is 0 Å². The second-order valence-electron chi connectivity index (χ2n) is 3.32. The van der Waals surface area contributed by atoms with Crippen LogP contribution in [0.5, 0.6) is 0 Å². The number of allylic oxidation sites excluding steroid dienone is 1. The molecule has 0 bridgehead atoms. The highest BCUT2D eigenvalue weighted by atomic mass is 79.9. The standard InChI is InChI=1S/C12H15Br/c1-3-4-5-10(2)11-6-8-12(13)9-7-11/h3,6-10H,1,4-5H2,2H3/t10-/m1/s1. The Balaban J connectivity index is 2.60. The minimum absolute atomic E-state index is 0.631. The molecule has 0 heterocycles. The number of hydrogen-bond acceptors (Lipinski definition) is 0. The van der Waals surface area contributed by atoms with E-state index in [1.165, 1.54) is 12.0 Å². The second kappa shape index (κ2) is 5.23. The van der Waals surface area contributed by atoms with Crippen LogP contribution in [0, 0.1) is 0 Å². The number of halogens is 1. The van der Waals surface area contributed by atoms with Gasteiger partial charge in [-0.2, -0.15) is 0 Å². The maximum absolute atomic E-state index is 3.73. The molecule has 1 atom stereocenters. The van der Waals surface area contributed by atoms with E-state index in [-0.39, 0.29) is 0 Å². The summed E-state index contributed by atoms with van der Waals surface area (Å²) < 4.78 is 1.15. The lowest BCUT2D eigenvalue weighted by atomic mass is 9.96. The van der Waals surface area contributed by atoms with Gasteiger partial charge < -0.3 is 0 Å². The smallest absolute Gasteiger partial charge is 0.0175 e. The van der Waals surface area contributed by atoms with E-state index >= 15 is 0 Å². The second-order valence-corrected chi connectivity index (χ2v) is 4.23. The third kappa shape index (κ3) is 3.35. The van der Waals surface area contributed by atoms with Crippen LogP contribution in [0.1, 0.15) is 31.2 Å². The minimum atomic E-state index is 0.631. The third-order valence-electron chi connectivity index (χ3n) is 2.24. The molecule has 0 aliphatic carbocycles. The molecular weight excluding hydrogens is 224 g/mol. The van der Waals surface area contributed by atoms with E-state index in [1.54, 1.807) is 0 Å². The molecule has 0 amide bonds. The zero-order valence-electron chi connectivity index (χ0n) is 7.96. The third-order valence-corrected chi connectivity index (χ3v) is 2.77. The zero-order chi connectivity index (χ0) is 9.68. The highest BCUT2D eigenvalue weighted by molar-refractivity contribution is 9.10. The van der Waals surface area contributed by atoms with Crippen molar-refractivity contribution in [2.24, 2.45) is 0 Å². The molecule has 0 nitrogen and oxygen atoms in total. The van der Waals surface area contributed by atoms with E-state index in [9.17, 15) is 0 Å². The lowest BCUT2D eigenvalue weighted by Crippen LogP contribution is -1.91. The van der Waals surface area contributed by atoms with E-state index in [0.717, 1.165) is 10.9 Å². The van der Waals surface area contributed by atoms with Crippen LogP contribution in [0.2, 0.25) is 0 Å². The van der Waals surface area contributed by atoms with Crippen molar-refractivity contribution in [2.45, 2.75) is 25.7 Å². The monoisotopic (exact) mass is 238 g/mol. The van der Waals surface area contributed by atoms with Crippen LogP contribution >= 0.6 is 15.9 Å². The number of rotatable bonds is 4. The van der Waals surface area contributed by atoms with Gasteiger partial charge in [0.1, 0.15) is 0 Å². The molecule has 13 heavy (non-hydrogen) atoms. The predicted molar refractivity (Wildman–Crippen MR) is 62.0 cm³/mol. The van der Waals surface area contributed by atoms with Crippen LogP contribution in [-0.2, 0) is 0 Å². The Morgan fingerprint density at radius 3 is 2.54 bits per heavy atom. The summed E-state index contributed by atoms with van der Waals surface area (Å²) in [5.74, 6) is 0.631. The summed E-state index contributed by atoms with van der Waals surface area (Å²) in [6, 6.07) is 8.55. The molecule has 1 rings (SSSR count). The summed E-state index contributed by atoms with van der Waals surface area (Å²) in [5, 5.41) is 0. The van der Waals surface area contributed by atoms with Gasteiger partial charge in [0, 0.05) is 4.47 Å². The highest BCUT2D eigenvalue weighted by Crippen LogP contribution is 2.22. The molecule has 1 aromatic carbocycles. The summed E-state index contributed by atoms with van der Waals surface area (Å²) in [6.07, 6.45) is 4.26. The van der Waals surface area contributed by atoms with Crippen LogP contribution in [0.25, 0.3) is 0 Å². The molecule has 0 spiro atoms. The Hall–Kier alpha value is -0.560. The molecule has 0 saturated carbocycles. The fourth-order valence-electron chi connectivity index (χ4n) is 1.33. The van der Waals surface area contributed by atoms with E-state index < -0.39 is 0 Å². The first-order valence-electron chi connectivity index (χ1n) is 4.60. The van der Waals surface area contributed by atoms with Gasteiger partial charge in [-0.3, -0.25) is 0 Å². The molecule has 1 aromatic rings. The fraction of sp³-hybridized carbons (Fsp3) is 0.333. The van der Waals surface area contributed by atoms with Gasteiger partial charge in [-0.1, -0.05) is 41.1 Å². The Morgan fingerprint density at radius 2 is 2.00 bits per heavy atom. The van der Waals surface area contributed by atoms with E-state index in [4.69, 9.17) is 0 Å². The van der Waals surface area contributed by atoms with Crippen LogP contribution in [0.3, 0.4) is 0 Å². The van der Waals surface area contributed by atoms with Crippen molar-refractivity contribution in [3.05, 3.63) is 47.0 Å². The van der Waals surface area contributed by atoms with Gasteiger partial charge >= 0.3 is 0 Å². The first kappa shape index (κ1) is 10.5. The van der Waals surface area contributed by atoms with Gasteiger partial charge in [0.05, 0.1) is 0 Å². The fourth-order valence-corrected chi connectivity index (χ4v) is 1.59. The minimum Gasteiger partial charge on any atom is -0.103 e. The maximum Gasteiger partial charge on any atom is 0.0175 e. The summed E-state index contributed by atoms with van der Waals surface area (Å²) in [5.41, 5.74) is 1.41. The molecule has 0 aliphatic heterocycles. The first-order chi connectivity index (χ1) is 6.24. The molecule has 0 aromatic heterocycles. The molecule has 0 radical (unpaired) electrons. The Morgan fingerprint density at radius 1 is 1.38 bits per heavy atom. The van der Waals surface area contributed by atoms with Crippen molar-refractivity contribution >= 4 is 15.9 Å². The van der Waals surface area contributed by atoms with Crippen LogP contribution < -0.4 is 0 Å². The van der Waals surface area contributed by atoms with Crippen molar-refractivity contribution in [3.8, 4) is 0 Å². The largest absolute Gasteiger partial charge is 0.103 e. The molecular formula is C12H15Br. The number of hydrogen-bond donors (Lipinski definition) is 0. The van der Waals surface area contributed by atoms with Gasteiger partial charge in [0.15, 0.2) is 0 Å². The van der Waals surface area contributed by atoms with Crippen molar-refractivity contribution < 1.29 is 0 Å². The first-order valence-corrected chi connectivity index (χ1v) is 5.39. The highest BCUT2D eigenvalue weighted by Gasteiger charge is 2.03. The average Bonchev–Trinajstić information content (AvgIpc) is 2.15. The normalized spacial score (nSPS) is 12.5. The quantitative estimate of drug-likeness (QED) is 0.677. The van der Waals surface area contributed by atoms with Crippen LogP contribution in [0.4, 0.5) is 0 Å². The summed E-state index contributed by atoms with van der Waals surface area (Å²) in [4.78, 5) is 0. The molecule has 70 valence electrons. The number of benzene rings is 1. The molecule has 0 unspecified atom stereocenters. The molecule has 0 saturated heterocycles. The van der Waals surface area contributed by atoms with Gasteiger partial charge in [0.25, 0.3) is 0 Å². The SMILES string of the molecule is C=CCC[C@@H](C)c1ccc(Br)cc1. The summed E-state index contributed by atoms with van der Waals surface area (Å²) in [6.45, 7) is 5.99. The Bertz CT molecular complexity index is 261. The summed E-state index contributed by atoms with van der Waals surface area (Å²) in [7, 11) is 0. The average molecular weight is 239 g/mol. The van der Waals surface area contributed by atoms with Crippen molar-refractivity contribution in [1.82, 2.24) is 0 Å². The van der Waals surface area contributed by atoms with E-state index in [2.05, 4.69) is 53.7 Å². The van der Waals surface area contributed by atoms with Crippen LogP contribution in [0.15, 0.2) is 41.4 Å². The lowest BCUT2D eigenvalue weighted by Gasteiger charge is -2.09. The van der Waals surface area contributed by atoms with Crippen molar-refractivity contribution in [3.63, 3.8) is 0 Å². The predicted octanol–water partition coefficient (Wildman–Crippen LogP) is 4.52.